The summed E-state index contributed by atoms with van der Waals surface area (Å²) in [6.45, 7) is 0. The lowest BCUT2D eigenvalue weighted by Gasteiger charge is -2.21. The van der Waals surface area contributed by atoms with Gasteiger partial charge >= 0.3 is 0 Å². The molecule has 184 valence electrons. The van der Waals surface area contributed by atoms with Gasteiger partial charge in [-0.3, -0.25) is 4.40 Å². The molecule has 2 aromatic heterocycles. The van der Waals surface area contributed by atoms with Gasteiger partial charge in [-0.2, -0.15) is 0 Å². The molecule has 0 N–H and O–H groups in total. The molecule has 2 heterocycles. The summed E-state index contributed by atoms with van der Waals surface area (Å²) in [5.41, 5.74) is 3.70. The van der Waals surface area contributed by atoms with E-state index in [2.05, 4.69) is 65.1 Å². The van der Waals surface area contributed by atoms with Crippen LogP contribution in [0.1, 0.15) is 0 Å². The Balaban J connectivity index is 1.66. The predicted molar refractivity (Wildman–Crippen MR) is 165 cm³/mol. The molecule has 0 saturated heterocycles. The van der Waals surface area contributed by atoms with Gasteiger partial charge in [0, 0.05) is 32.1 Å². The number of aromatic nitrogens is 2. The van der Waals surface area contributed by atoms with Crippen molar-refractivity contribution in [2.24, 2.45) is 0 Å². The Morgan fingerprint density at radius 3 is 1.82 bits per heavy atom. The second-order valence-electron chi connectivity index (χ2n) is 9.92. The zero-order valence-corrected chi connectivity index (χ0v) is 21.9. The fraction of sp³-hybridized carbons (Fsp3) is 0. The molecule has 39 heavy (non-hydrogen) atoms. The van der Waals surface area contributed by atoms with Gasteiger partial charge in [-0.1, -0.05) is 127 Å². The molecule has 0 spiro atoms. The van der Waals surface area contributed by atoms with E-state index in [1.807, 2.05) is 78.9 Å². The van der Waals surface area contributed by atoms with Crippen LogP contribution >= 0.6 is 7.14 Å². The molecule has 0 unspecified atom stereocenters. The van der Waals surface area contributed by atoms with Gasteiger partial charge in [-0.25, -0.2) is 4.98 Å². The maximum atomic E-state index is 15.6. The minimum Gasteiger partial charge on any atom is -0.309 e. The van der Waals surface area contributed by atoms with E-state index >= 15 is 4.57 Å². The lowest BCUT2D eigenvalue weighted by molar-refractivity contribution is 0.592. The monoisotopic (exact) mass is 518 g/mol. The van der Waals surface area contributed by atoms with E-state index in [1.165, 1.54) is 0 Å². The number of hydrogen-bond donors (Lipinski definition) is 0. The smallest absolute Gasteiger partial charge is 0.173 e. The summed E-state index contributed by atoms with van der Waals surface area (Å²) in [6.07, 6.45) is 0. The highest BCUT2D eigenvalue weighted by Crippen LogP contribution is 2.45. The molecule has 8 rings (SSSR count). The molecule has 0 fully saturated rings. The van der Waals surface area contributed by atoms with E-state index in [0.29, 0.717) is 0 Å². The van der Waals surface area contributed by atoms with E-state index in [0.717, 1.165) is 65.0 Å². The van der Waals surface area contributed by atoms with Crippen LogP contribution in [0.15, 0.2) is 140 Å². The molecular weight excluding hydrogens is 495 g/mol. The summed E-state index contributed by atoms with van der Waals surface area (Å²) < 4.78 is 17.9. The molecule has 0 aliphatic carbocycles. The van der Waals surface area contributed by atoms with Crippen molar-refractivity contribution in [1.82, 2.24) is 9.38 Å². The van der Waals surface area contributed by atoms with Gasteiger partial charge in [0.05, 0.1) is 16.6 Å². The van der Waals surface area contributed by atoms with Crippen molar-refractivity contribution in [1.29, 1.82) is 0 Å². The lowest BCUT2D eigenvalue weighted by atomic mass is 10.0. The fourth-order valence-corrected chi connectivity index (χ4v) is 8.94. The molecule has 0 bridgehead atoms. The maximum Gasteiger partial charge on any atom is 0.173 e. The number of pyridine rings is 1. The number of para-hydroxylation sites is 1. The molecule has 0 amide bonds. The van der Waals surface area contributed by atoms with Crippen LogP contribution in [0.2, 0.25) is 0 Å². The lowest BCUT2D eigenvalue weighted by Crippen LogP contribution is -2.26. The number of hydrogen-bond acceptors (Lipinski definition) is 2. The zero-order chi connectivity index (χ0) is 26.0. The molecule has 0 saturated carbocycles. The van der Waals surface area contributed by atoms with Crippen LogP contribution in [0, 0.1) is 0 Å². The molecule has 0 radical (unpaired) electrons. The van der Waals surface area contributed by atoms with Gasteiger partial charge in [-0.05, 0) is 22.9 Å². The van der Waals surface area contributed by atoms with E-state index in [1.54, 1.807) is 0 Å². The maximum absolute atomic E-state index is 15.6. The average molecular weight is 519 g/mol. The summed E-state index contributed by atoms with van der Waals surface area (Å²) in [7, 11) is -3.25. The Morgan fingerprint density at radius 1 is 0.487 bits per heavy atom. The van der Waals surface area contributed by atoms with Gasteiger partial charge in [0.2, 0.25) is 0 Å². The number of benzene rings is 6. The first-order valence-electron chi connectivity index (χ1n) is 13.1. The van der Waals surface area contributed by atoms with Crippen LogP contribution in [0.4, 0.5) is 0 Å². The van der Waals surface area contributed by atoms with Crippen LogP contribution in [-0.2, 0) is 4.57 Å². The zero-order valence-electron chi connectivity index (χ0n) is 21.0. The van der Waals surface area contributed by atoms with Crippen molar-refractivity contribution >= 4 is 72.2 Å². The predicted octanol–water partition coefficient (Wildman–Crippen LogP) is 7.59. The van der Waals surface area contributed by atoms with Gasteiger partial charge in [0.25, 0.3) is 0 Å². The highest BCUT2D eigenvalue weighted by Gasteiger charge is 2.33. The summed E-state index contributed by atoms with van der Waals surface area (Å²) in [4.78, 5) is 5.20. The first-order chi connectivity index (χ1) is 19.2. The fourth-order valence-electron chi connectivity index (χ4n) is 6.09. The van der Waals surface area contributed by atoms with Gasteiger partial charge in [0.1, 0.15) is 5.65 Å². The normalized spacial score (nSPS) is 12.2. The highest BCUT2D eigenvalue weighted by molar-refractivity contribution is 7.85. The third-order valence-electron chi connectivity index (χ3n) is 7.82. The third kappa shape index (κ3) is 3.11. The minimum absolute atomic E-state index is 0.800. The Morgan fingerprint density at radius 2 is 1.10 bits per heavy atom. The quantitative estimate of drug-likeness (QED) is 0.178. The van der Waals surface area contributed by atoms with Crippen LogP contribution in [0.5, 0.6) is 0 Å². The number of imidazole rings is 1. The molecule has 6 aromatic carbocycles. The number of rotatable bonds is 3. The molecular formula is C35H23N2OP. The SMILES string of the molecule is O=P(c1ccccc1)(c1ccccc1)c1cccc2nc3c4ccccc4c4ccc5ccccc5c4n3c12. The Kier molecular flexibility index (Phi) is 4.79. The standard InChI is InChI=1S/C35H23N2OP/c38-39(25-13-3-1-4-14-25,26-15-5-2-6-16-26)32-21-11-20-31-34(32)37-33-27-17-8-7-12-24(27)22-23-29(33)28-18-9-10-19-30(28)35(37)36-31/h1-23H. The van der Waals surface area contributed by atoms with E-state index in [4.69, 9.17) is 4.98 Å². The molecule has 0 aliphatic rings. The highest BCUT2D eigenvalue weighted by atomic mass is 31.2. The Bertz CT molecular complexity index is 2210. The van der Waals surface area contributed by atoms with Gasteiger partial charge in [0.15, 0.2) is 7.14 Å². The molecule has 3 nitrogen and oxygen atoms in total. The van der Waals surface area contributed by atoms with Crippen molar-refractivity contribution in [3.05, 3.63) is 140 Å². The van der Waals surface area contributed by atoms with Gasteiger partial charge in [-0.15, -0.1) is 0 Å². The van der Waals surface area contributed by atoms with E-state index in [-0.39, 0.29) is 0 Å². The molecule has 4 heteroatoms. The van der Waals surface area contributed by atoms with Crippen molar-refractivity contribution in [2.75, 3.05) is 0 Å². The first kappa shape index (κ1) is 22.3. The number of fused-ring (bicyclic) bond motifs is 10. The van der Waals surface area contributed by atoms with Gasteiger partial charge < -0.3 is 4.57 Å². The third-order valence-corrected chi connectivity index (χ3v) is 10.9. The summed E-state index contributed by atoms with van der Waals surface area (Å²) in [5.74, 6) is 0. The second-order valence-corrected chi connectivity index (χ2v) is 12.7. The minimum atomic E-state index is -3.25. The Labute approximate surface area is 225 Å². The van der Waals surface area contributed by atoms with E-state index < -0.39 is 7.14 Å². The average Bonchev–Trinajstić information content (AvgIpc) is 3.41. The first-order valence-corrected chi connectivity index (χ1v) is 14.8. The molecule has 0 aliphatic heterocycles. The van der Waals surface area contributed by atoms with Crippen LogP contribution in [0.25, 0.3) is 49.1 Å². The van der Waals surface area contributed by atoms with Crippen LogP contribution in [-0.4, -0.2) is 9.38 Å². The summed E-state index contributed by atoms with van der Waals surface area (Å²) >= 11 is 0. The molecule has 8 aromatic rings. The molecule has 0 atom stereocenters. The topological polar surface area (TPSA) is 34.4 Å². The van der Waals surface area contributed by atoms with Crippen molar-refractivity contribution in [3.8, 4) is 0 Å². The largest absolute Gasteiger partial charge is 0.309 e. The van der Waals surface area contributed by atoms with Crippen molar-refractivity contribution < 1.29 is 4.57 Å². The van der Waals surface area contributed by atoms with Crippen LogP contribution in [0.3, 0.4) is 0 Å². The Hall–Kier alpha value is -4.72. The summed E-state index contributed by atoms with van der Waals surface area (Å²) in [5, 5.41) is 8.13. The van der Waals surface area contributed by atoms with Crippen LogP contribution < -0.4 is 15.9 Å². The summed E-state index contributed by atoms with van der Waals surface area (Å²) in [6, 6.07) is 47.2. The van der Waals surface area contributed by atoms with E-state index in [9.17, 15) is 0 Å². The number of nitrogens with zero attached hydrogens (tertiary/aromatic N) is 2. The second kappa shape index (κ2) is 8.39. The van der Waals surface area contributed by atoms with Crippen molar-refractivity contribution in [3.63, 3.8) is 0 Å². The van der Waals surface area contributed by atoms with Crippen molar-refractivity contribution in [2.45, 2.75) is 0 Å².